The summed E-state index contributed by atoms with van der Waals surface area (Å²) in [6.45, 7) is 8.91. The van der Waals surface area contributed by atoms with Crippen LogP contribution in [0.25, 0.3) is 0 Å². The second-order valence-corrected chi connectivity index (χ2v) is 13.0. The Kier molecular flexibility index (Phi) is 4.75. The molecule has 0 aromatic carbocycles. The van der Waals surface area contributed by atoms with E-state index in [1.54, 1.807) is 0 Å². The zero-order valence-corrected chi connectivity index (χ0v) is 20.6. The molecule has 0 radical (unpaired) electrons. The first-order valence-corrected chi connectivity index (χ1v) is 13.2. The van der Waals surface area contributed by atoms with Gasteiger partial charge in [0.25, 0.3) is 0 Å². The number of hydrogen-bond acceptors (Lipinski definition) is 6. The molecule has 2 saturated heterocycles. The number of rotatable bonds is 0. The number of hydrogen-bond donors (Lipinski definition) is 4. The van der Waals surface area contributed by atoms with Gasteiger partial charge in [0.1, 0.15) is 11.7 Å². The van der Waals surface area contributed by atoms with Crippen molar-refractivity contribution in [3.63, 3.8) is 0 Å². The minimum absolute atomic E-state index is 0.00599. The lowest BCUT2D eigenvalue weighted by Crippen LogP contribution is -2.67. The summed E-state index contributed by atoms with van der Waals surface area (Å²) in [5.74, 6) is -0.996. The van der Waals surface area contributed by atoms with Gasteiger partial charge in [0.2, 0.25) is 0 Å². The van der Waals surface area contributed by atoms with Crippen LogP contribution in [0.2, 0.25) is 0 Å². The fraction of sp³-hybridized carbons (Fsp3) is 0.926. The van der Waals surface area contributed by atoms with Crippen molar-refractivity contribution in [3.05, 3.63) is 11.6 Å². The summed E-state index contributed by atoms with van der Waals surface area (Å²) in [6.07, 6.45) is 6.63. The highest BCUT2D eigenvalue weighted by Crippen LogP contribution is 2.73. The first-order chi connectivity index (χ1) is 15.4. The van der Waals surface area contributed by atoms with Crippen LogP contribution in [-0.2, 0) is 9.47 Å². The van der Waals surface area contributed by atoms with Crippen LogP contribution in [0, 0.1) is 34.5 Å². The van der Waals surface area contributed by atoms with Crippen molar-refractivity contribution in [2.45, 2.75) is 114 Å². The molecule has 6 rings (SSSR count). The van der Waals surface area contributed by atoms with Crippen molar-refractivity contribution >= 4 is 0 Å². The highest BCUT2D eigenvalue weighted by molar-refractivity contribution is 5.33. The summed E-state index contributed by atoms with van der Waals surface area (Å²) in [5, 5.41) is 46.2. The number of allylic oxidation sites excluding steroid dienone is 1. The molecule has 6 heteroatoms. The lowest BCUT2D eigenvalue weighted by molar-refractivity contribution is -0.323. The average Bonchev–Trinajstić information content (AvgIpc) is 3.08. The Morgan fingerprint density at radius 3 is 2.52 bits per heavy atom. The lowest BCUT2D eigenvalue weighted by Gasteiger charge is -2.62. The normalized spacial score (nSPS) is 62.3. The molecule has 6 aliphatic rings. The molecule has 0 unspecified atom stereocenters. The van der Waals surface area contributed by atoms with Gasteiger partial charge in [0, 0.05) is 17.8 Å². The van der Waals surface area contributed by atoms with Crippen LogP contribution >= 0.6 is 0 Å². The minimum atomic E-state index is -1.26. The predicted octanol–water partition coefficient (Wildman–Crippen LogP) is 2.91. The number of fused-ring (bicyclic) bond motifs is 7. The van der Waals surface area contributed by atoms with E-state index in [-0.39, 0.29) is 23.4 Å². The van der Waals surface area contributed by atoms with Gasteiger partial charge in [-0.15, -0.1) is 0 Å². The predicted molar refractivity (Wildman–Crippen MR) is 122 cm³/mol. The van der Waals surface area contributed by atoms with Gasteiger partial charge in [-0.3, -0.25) is 0 Å². The Labute approximate surface area is 197 Å². The maximum atomic E-state index is 12.5. The fourth-order valence-electron chi connectivity index (χ4n) is 9.70. The Bertz CT molecular complexity index is 875. The molecule has 0 aromatic heterocycles. The maximum absolute atomic E-state index is 12.5. The Morgan fingerprint density at radius 1 is 1.03 bits per heavy atom. The van der Waals surface area contributed by atoms with E-state index in [4.69, 9.17) is 9.47 Å². The van der Waals surface area contributed by atoms with Crippen LogP contribution in [0.5, 0.6) is 0 Å². The molecule has 1 spiro atoms. The van der Waals surface area contributed by atoms with Gasteiger partial charge in [-0.1, -0.05) is 39.3 Å². The SMILES string of the molecule is C[C@H]1CO[C@@]2(O[C@H]3C[C@@]4(O)[C@@H]5CC=C6C[C@@H](O)CC[C@]6(C)[C@H]5CC[C@]4(C)[C@@]3(O)[C@@H]2C)[C@@H](O)C1. The number of ether oxygens (including phenoxy) is 2. The molecule has 3 saturated carbocycles. The van der Waals surface area contributed by atoms with E-state index in [1.165, 1.54) is 5.57 Å². The summed E-state index contributed by atoms with van der Waals surface area (Å²) in [7, 11) is 0. The molecule has 2 aliphatic heterocycles. The summed E-state index contributed by atoms with van der Waals surface area (Å²) < 4.78 is 12.7. The molecule has 0 aromatic rings. The minimum Gasteiger partial charge on any atom is -0.393 e. The first-order valence-electron chi connectivity index (χ1n) is 13.2. The second-order valence-electron chi connectivity index (χ2n) is 13.0. The maximum Gasteiger partial charge on any atom is 0.200 e. The van der Waals surface area contributed by atoms with Crippen LogP contribution in [0.1, 0.15) is 79.1 Å². The highest BCUT2D eigenvalue weighted by Gasteiger charge is 2.82. The molecule has 0 bridgehead atoms. The van der Waals surface area contributed by atoms with Gasteiger partial charge >= 0.3 is 0 Å². The molecule has 186 valence electrons. The van der Waals surface area contributed by atoms with Gasteiger partial charge in [0.05, 0.1) is 24.4 Å². The van der Waals surface area contributed by atoms with E-state index in [2.05, 4.69) is 26.8 Å². The Balaban J connectivity index is 1.37. The van der Waals surface area contributed by atoms with Gasteiger partial charge in [-0.2, -0.15) is 0 Å². The third-order valence-electron chi connectivity index (χ3n) is 11.8. The van der Waals surface area contributed by atoms with E-state index in [1.807, 2.05) is 6.92 Å². The Hall–Kier alpha value is -0.500. The van der Waals surface area contributed by atoms with Gasteiger partial charge in [-0.05, 0) is 68.1 Å². The molecule has 12 atom stereocenters. The van der Waals surface area contributed by atoms with Crippen LogP contribution in [0.15, 0.2) is 11.6 Å². The number of aliphatic hydroxyl groups is 4. The van der Waals surface area contributed by atoms with E-state index >= 15 is 0 Å². The van der Waals surface area contributed by atoms with Crippen molar-refractivity contribution in [3.8, 4) is 0 Å². The number of aliphatic hydroxyl groups excluding tert-OH is 2. The molecule has 2 heterocycles. The standard InChI is InChI=1S/C27H42O6/c1-15-11-21(29)27(32-14-15)16(2)26(31)22(33-27)13-25(30)20-6-5-17-12-18(28)7-9-23(17,3)19(20)8-10-24(25,26)4/h5,15-16,18-22,28-31H,6-14H2,1-4H3/t15-,16+,18+,19+,20-,21+,22+,23+,24+,25-,26-,27+/m1/s1. The van der Waals surface area contributed by atoms with Crippen LogP contribution < -0.4 is 0 Å². The summed E-state index contributed by atoms with van der Waals surface area (Å²) in [5.41, 5.74) is -1.67. The topological polar surface area (TPSA) is 99.4 Å². The molecule has 0 amide bonds. The zero-order chi connectivity index (χ0) is 23.6. The summed E-state index contributed by atoms with van der Waals surface area (Å²) in [4.78, 5) is 0. The monoisotopic (exact) mass is 462 g/mol. The molecular weight excluding hydrogens is 420 g/mol. The van der Waals surface area contributed by atoms with E-state index < -0.39 is 40.5 Å². The van der Waals surface area contributed by atoms with E-state index in [9.17, 15) is 20.4 Å². The van der Waals surface area contributed by atoms with Crippen molar-refractivity contribution < 1.29 is 29.9 Å². The average molecular weight is 463 g/mol. The van der Waals surface area contributed by atoms with Gasteiger partial charge in [-0.25, -0.2) is 0 Å². The van der Waals surface area contributed by atoms with Gasteiger partial charge in [0.15, 0.2) is 5.79 Å². The van der Waals surface area contributed by atoms with Crippen molar-refractivity contribution in [2.75, 3.05) is 6.61 Å². The first kappa shape index (κ1) is 22.9. The summed E-state index contributed by atoms with van der Waals surface area (Å²) >= 11 is 0. The quantitative estimate of drug-likeness (QED) is 0.413. The summed E-state index contributed by atoms with van der Waals surface area (Å²) in [6, 6.07) is 0. The van der Waals surface area contributed by atoms with Crippen molar-refractivity contribution in [2.24, 2.45) is 34.5 Å². The van der Waals surface area contributed by atoms with Gasteiger partial charge < -0.3 is 29.9 Å². The molecule has 6 nitrogen and oxygen atoms in total. The smallest absolute Gasteiger partial charge is 0.200 e. The second kappa shape index (κ2) is 6.83. The van der Waals surface area contributed by atoms with Crippen LogP contribution in [0.4, 0.5) is 0 Å². The zero-order valence-electron chi connectivity index (χ0n) is 20.6. The van der Waals surface area contributed by atoms with Crippen molar-refractivity contribution in [1.82, 2.24) is 0 Å². The largest absolute Gasteiger partial charge is 0.393 e. The van der Waals surface area contributed by atoms with Crippen LogP contribution in [0.3, 0.4) is 0 Å². The molecule has 5 fully saturated rings. The Morgan fingerprint density at radius 2 is 1.79 bits per heavy atom. The molecular formula is C27H42O6. The van der Waals surface area contributed by atoms with Crippen LogP contribution in [-0.4, -0.2) is 62.3 Å². The lowest BCUT2D eigenvalue weighted by atomic mass is 9.44. The highest BCUT2D eigenvalue weighted by atomic mass is 16.7. The van der Waals surface area contributed by atoms with Crippen molar-refractivity contribution in [1.29, 1.82) is 0 Å². The van der Waals surface area contributed by atoms with E-state index in [0.29, 0.717) is 25.4 Å². The molecule has 33 heavy (non-hydrogen) atoms. The van der Waals surface area contributed by atoms with E-state index in [0.717, 1.165) is 38.5 Å². The fourth-order valence-corrected chi connectivity index (χ4v) is 9.70. The third kappa shape index (κ3) is 2.51. The third-order valence-corrected chi connectivity index (χ3v) is 11.8. The molecule has 4 aliphatic carbocycles. The molecule has 4 N–H and O–H groups in total.